The van der Waals surface area contributed by atoms with Crippen LogP contribution in [0.1, 0.15) is 50.2 Å². The number of carboxylic acids is 1. The minimum Gasteiger partial charge on any atom is -0.479 e. The summed E-state index contributed by atoms with van der Waals surface area (Å²) in [6.45, 7) is 2.15. The van der Waals surface area contributed by atoms with Crippen molar-refractivity contribution in [3.63, 3.8) is 0 Å². The number of fused-ring (bicyclic) bond motifs is 3. The standard InChI is InChI=1S/C21H24O3/c1-2-3-4-5-10-20(21(22)23)24-17-11-12-19-16(14-17)13-15-8-6-7-9-18(15)19/h6-9,11-12,14,20H,2-5,10,13H2,1H3,(H,22,23). The molecule has 1 aliphatic rings. The summed E-state index contributed by atoms with van der Waals surface area (Å²) in [5.41, 5.74) is 5.03. The van der Waals surface area contributed by atoms with Crippen LogP contribution in [0.3, 0.4) is 0 Å². The van der Waals surface area contributed by atoms with Gasteiger partial charge in [-0.1, -0.05) is 56.5 Å². The molecule has 2 aromatic carbocycles. The normalized spacial score (nSPS) is 13.2. The fourth-order valence-electron chi connectivity index (χ4n) is 3.35. The highest BCUT2D eigenvalue weighted by molar-refractivity contribution is 5.77. The van der Waals surface area contributed by atoms with Crippen LogP contribution in [0.5, 0.6) is 5.75 Å². The number of ether oxygens (including phenoxy) is 1. The van der Waals surface area contributed by atoms with Crippen LogP contribution >= 0.6 is 0 Å². The van der Waals surface area contributed by atoms with Crippen LogP contribution < -0.4 is 4.74 Å². The van der Waals surface area contributed by atoms with E-state index in [1.807, 2.05) is 18.2 Å². The first-order valence-corrected chi connectivity index (χ1v) is 8.79. The number of aliphatic carboxylic acids is 1. The summed E-state index contributed by atoms with van der Waals surface area (Å²) in [4.78, 5) is 11.5. The van der Waals surface area contributed by atoms with Crippen molar-refractivity contribution in [1.82, 2.24) is 0 Å². The third-order valence-electron chi connectivity index (χ3n) is 4.64. The lowest BCUT2D eigenvalue weighted by molar-refractivity contribution is -0.145. The molecule has 1 unspecified atom stereocenters. The van der Waals surface area contributed by atoms with E-state index in [1.165, 1.54) is 22.3 Å². The Kier molecular flexibility index (Phi) is 5.19. The largest absolute Gasteiger partial charge is 0.479 e. The van der Waals surface area contributed by atoms with Crippen molar-refractivity contribution in [2.24, 2.45) is 0 Å². The number of benzene rings is 2. The van der Waals surface area contributed by atoms with Gasteiger partial charge < -0.3 is 9.84 Å². The summed E-state index contributed by atoms with van der Waals surface area (Å²) in [6.07, 6.45) is 4.92. The van der Waals surface area contributed by atoms with E-state index in [9.17, 15) is 9.90 Å². The van der Waals surface area contributed by atoms with Gasteiger partial charge >= 0.3 is 5.97 Å². The first kappa shape index (κ1) is 16.6. The summed E-state index contributed by atoms with van der Waals surface area (Å²) in [7, 11) is 0. The quantitative estimate of drug-likeness (QED) is 0.589. The Bertz CT molecular complexity index is 721. The van der Waals surface area contributed by atoms with Crippen molar-refractivity contribution in [2.75, 3.05) is 0 Å². The Morgan fingerprint density at radius 2 is 1.88 bits per heavy atom. The molecule has 0 spiro atoms. The molecule has 0 saturated heterocycles. The molecular formula is C21H24O3. The molecule has 0 bridgehead atoms. The predicted molar refractivity (Wildman–Crippen MR) is 95.5 cm³/mol. The molecule has 24 heavy (non-hydrogen) atoms. The highest BCUT2D eigenvalue weighted by atomic mass is 16.5. The Labute approximate surface area is 143 Å². The fraction of sp³-hybridized carbons (Fsp3) is 0.381. The van der Waals surface area contributed by atoms with Gasteiger partial charge in [0.2, 0.25) is 0 Å². The van der Waals surface area contributed by atoms with E-state index in [1.54, 1.807) is 0 Å². The van der Waals surface area contributed by atoms with Gasteiger partial charge in [0.15, 0.2) is 6.10 Å². The highest BCUT2D eigenvalue weighted by Crippen LogP contribution is 2.38. The van der Waals surface area contributed by atoms with Crippen LogP contribution in [-0.4, -0.2) is 17.2 Å². The van der Waals surface area contributed by atoms with Gasteiger partial charge in [0.05, 0.1) is 0 Å². The Balaban J connectivity index is 1.69. The molecule has 1 atom stereocenters. The van der Waals surface area contributed by atoms with Crippen LogP contribution in [0.15, 0.2) is 42.5 Å². The molecule has 0 saturated carbocycles. The molecule has 0 radical (unpaired) electrons. The molecular weight excluding hydrogens is 300 g/mol. The molecule has 0 aliphatic heterocycles. The van der Waals surface area contributed by atoms with Crippen LogP contribution in [0, 0.1) is 0 Å². The molecule has 0 amide bonds. The highest BCUT2D eigenvalue weighted by Gasteiger charge is 2.22. The molecule has 1 N–H and O–H groups in total. The molecule has 3 rings (SSSR count). The second-order valence-corrected chi connectivity index (χ2v) is 6.45. The van der Waals surface area contributed by atoms with E-state index < -0.39 is 12.1 Å². The predicted octanol–water partition coefficient (Wildman–Crippen LogP) is 5.06. The van der Waals surface area contributed by atoms with Gasteiger partial charge in [-0.05, 0) is 53.6 Å². The second-order valence-electron chi connectivity index (χ2n) is 6.45. The Morgan fingerprint density at radius 3 is 2.67 bits per heavy atom. The van der Waals surface area contributed by atoms with Crippen LogP contribution in [0.2, 0.25) is 0 Å². The molecule has 0 fully saturated rings. The van der Waals surface area contributed by atoms with Crippen molar-refractivity contribution >= 4 is 5.97 Å². The molecule has 0 heterocycles. The zero-order valence-electron chi connectivity index (χ0n) is 14.1. The van der Waals surface area contributed by atoms with Crippen molar-refractivity contribution in [1.29, 1.82) is 0 Å². The van der Waals surface area contributed by atoms with Gasteiger partial charge in [0, 0.05) is 0 Å². The number of unbranched alkanes of at least 4 members (excludes halogenated alkanes) is 3. The summed E-state index contributed by atoms with van der Waals surface area (Å²) >= 11 is 0. The number of hydrogen-bond donors (Lipinski definition) is 1. The summed E-state index contributed by atoms with van der Waals surface area (Å²) in [5, 5.41) is 9.40. The number of carbonyl (C=O) groups is 1. The van der Waals surface area contributed by atoms with Gasteiger partial charge in [0.25, 0.3) is 0 Å². The third-order valence-corrected chi connectivity index (χ3v) is 4.64. The smallest absolute Gasteiger partial charge is 0.344 e. The molecule has 3 heteroatoms. The average molecular weight is 324 g/mol. The van der Waals surface area contributed by atoms with E-state index in [0.717, 1.165) is 32.1 Å². The van der Waals surface area contributed by atoms with E-state index in [4.69, 9.17) is 4.74 Å². The van der Waals surface area contributed by atoms with Gasteiger partial charge in [-0.3, -0.25) is 0 Å². The lowest BCUT2D eigenvalue weighted by atomic mass is 10.1. The average Bonchev–Trinajstić information content (AvgIpc) is 2.95. The monoisotopic (exact) mass is 324 g/mol. The van der Waals surface area contributed by atoms with Gasteiger partial charge in [-0.2, -0.15) is 0 Å². The van der Waals surface area contributed by atoms with Crippen LogP contribution in [0.25, 0.3) is 11.1 Å². The summed E-state index contributed by atoms with van der Waals surface area (Å²) < 4.78 is 5.78. The summed E-state index contributed by atoms with van der Waals surface area (Å²) in [5.74, 6) is -0.222. The van der Waals surface area contributed by atoms with Crippen molar-refractivity contribution < 1.29 is 14.6 Å². The van der Waals surface area contributed by atoms with Crippen LogP contribution in [0.4, 0.5) is 0 Å². The molecule has 2 aromatic rings. The molecule has 0 aromatic heterocycles. The lowest BCUT2D eigenvalue weighted by Gasteiger charge is -2.16. The van der Waals surface area contributed by atoms with E-state index in [2.05, 4.69) is 31.2 Å². The zero-order valence-corrected chi connectivity index (χ0v) is 14.1. The topological polar surface area (TPSA) is 46.5 Å². The number of carboxylic acid groups (broad SMARTS) is 1. The second kappa shape index (κ2) is 7.52. The fourth-order valence-corrected chi connectivity index (χ4v) is 3.35. The minimum atomic E-state index is -0.879. The number of hydrogen-bond acceptors (Lipinski definition) is 2. The molecule has 3 nitrogen and oxygen atoms in total. The van der Waals surface area contributed by atoms with Crippen LogP contribution in [-0.2, 0) is 11.2 Å². The van der Waals surface area contributed by atoms with E-state index in [0.29, 0.717) is 12.2 Å². The maximum atomic E-state index is 11.5. The maximum Gasteiger partial charge on any atom is 0.344 e. The Morgan fingerprint density at radius 1 is 1.08 bits per heavy atom. The Hall–Kier alpha value is -2.29. The molecule has 1 aliphatic carbocycles. The maximum absolute atomic E-state index is 11.5. The van der Waals surface area contributed by atoms with Crippen molar-refractivity contribution in [3.8, 4) is 16.9 Å². The minimum absolute atomic E-state index is 0.562. The lowest BCUT2D eigenvalue weighted by Crippen LogP contribution is -2.26. The third kappa shape index (κ3) is 3.61. The first-order valence-electron chi connectivity index (χ1n) is 8.79. The van der Waals surface area contributed by atoms with E-state index >= 15 is 0 Å². The molecule has 126 valence electrons. The van der Waals surface area contributed by atoms with E-state index in [-0.39, 0.29) is 0 Å². The van der Waals surface area contributed by atoms with Crippen molar-refractivity contribution in [2.45, 2.75) is 51.6 Å². The van der Waals surface area contributed by atoms with Gasteiger partial charge in [-0.15, -0.1) is 0 Å². The SMILES string of the molecule is CCCCCCC(Oc1ccc2c(c1)Cc1ccccc1-2)C(=O)O. The zero-order chi connectivity index (χ0) is 16.9. The summed E-state index contributed by atoms with van der Waals surface area (Å²) in [6, 6.07) is 14.3. The van der Waals surface area contributed by atoms with Crippen molar-refractivity contribution in [3.05, 3.63) is 53.6 Å². The number of rotatable bonds is 8. The van der Waals surface area contributed by atoms with Gasteiger partial charge in [-0.25, -0.2) is 4.79 Å². The van der Waals surface area contributed by atoms with Gasteiger partial charge in [0.1, 0.15) is 5.75 Å². The first-order chi connectivity index (χ1) is 11.7.